The van der Waals surface area contributed by atoms with Crippen molar-refractivity contribution in [3.05, 3.63) is 0 Å². The van der Waals surface area contributed by atoms with Crippen LogP contribution in [-0.2, 0) is 4.74 Å². The first-order chi connectivity index (χ1) is 7.09. The number of carbonyl (C=O) groups excluding carboxylic acids is 1. The zero-order valence-corrected chi connectivity index (χ0v) is 10.2. The molecule has 0 saturated heterocycles. The maximum atomic E-state index is 12.6. The van der Waals surface area contributed by atoms with E-state index in [0.717, 1.165) is 0 Å². The Morgan fingerprint density at radius 1 is 1.44 bits per heavy atom. The number of alkyl halides is 2. The molecule has 0 radical (unpaired) electrons. The molecule has 0 heterocycles. The monoisotopic (exact) mass is 235 g/mol. The van der Waals surface area contributed by atoms with E-state index < -0.39 is 17.6 Å². The summed E-state index contributed by atoms with van der Waals surface area (Å²) in [6.45, 7) is 5.66. The Bertz CT molecular complexity index is 266. The molecule has 1 aliphatic rings. The first-order valence-electron chi connectivity index (χ1n) is 5.41. The number of nitrogens with zero attached hydrogens (tertiary/aromatic N) is 1. The minimum atomic E-state index is -2.53. The normalized spacial score (nSPS) is 20.1. The van der Waals surface area contributed by atoms with Gasteiger partial charge in [0.25, 0.3) is 0 Å². The highest BCUT2D eigenvalue weighted by atomic mass is 19.3. The average molecular weight is 235 g/mol. The first kappa shape index (κ1) is 13.2. The number of rotatable bonds is 2. The molecule has 0 spiro atoms. The predicted octanol–water partition coefficient (Wildman–Crippen LogP) is 2.90. The fourth-order valence-corrected chi connectivity index (χ4v) is 1.72. The summed E-state index contributed by atoms with van der Waals surface area (Å²) in [4.78, 5) is 12.9. The second-order valence-electron chi connectivity index (χ2n) is 5.49. The van der Waals surface area contributed by atoms with E-state index in [1.165, 1.54) is 4.90 Å². The lowest BCUT2D eigenvalue weighted by Crippen LogP contribution is -2.44. The molecule has 94 valence electrons. The summed E-state index contributed by atoms with van der Waals surface area (Å²) in [7, 11) is 1.57. The average Bonchev–Trinajstić information content (AvgIpc) is 1.97. The van der Waals surface area contributed by atoms with Gasteiger partial charge in [0.15, 0.2) is 0 Å². The van der Waals surface area contributed by atoms with E-state index in [1.54, 1.807) is 27.8 Å². The number of carbonyl (C=O) groups is 1. The predicted molar refractivity (Wildman–Crippen MR) is 56.5 cm³/mol. The molecule has 1 rings (SSSR count). The highest BCUT2D eigenvalue weighted by Gasteiger charge is 2.45. The summed E-state index contributed by atoms with van der Waals surface area (Å²) < 4.78 is 30.3. The molecule has 0 N–H and O–H groups in total. The van der Waals surface area contributed by atoms with Crippen molar-refractivity contribution in [3.63, 3.8) is 0 Å². The lowest BCUT2D eigenvalue weighted by Gasteiger charge is -2.37. The van der Waals surface area contributed by atoms with Crippen LogP contribution in [0.15, 0.2) is 0 Å². The maximum absolute atomic E-state index is 12.6. The highest BCUT2D eigenvalue weighted by Crippen LogP contribution is 2.42. The molecule has 5 heteroatoms. The van der Waals surface area contributed by atoms with Crippen molar-refractivity contribution in [1.82, 2.24) is 4.90 Å². The molecule has 16 heavy (non-hydrogen) atoms. The first-order valence-corrected chi connectivity index (χ1v) is 5.41. The Morgan fingerprint density at radius 3 is 2.31 bits per heavy atom. The van der Waals surface area contributed by atoms with Crippen LogP contribution in [0.3, 0.4) is 0 Å². The molecule has 3 nitrogen and oxygen atoms in total. The molecule has 0 atom stereocenters. The molecule has 0 aromatic heterocycles. The number of halogens is 2. The van der Waals surface area contributed by atoms with Gasteiger partial charge >= 0.3 is 6.09 Å². The largest absolute Gasteiger partial charge is 0.444 e. The van der Waals surface area contributed by atoms with Crippen molar-refractivity contribution in [2.24, 2.45) is 5.92 Å². The van der Waals surface area contributed by atoms with Crippen LogP contribution < -0.4 is 0 Å². The van der Waals surface area contributed by atoms with E-state index in [2.05, 4.69) is 0 Å². The summed E-state index contributed by atoms with van der Waals surface area (Å²) in [5, 5.41) is 0. The third kappa shape index (κ3) is 3.94. The van der Waals surface area contributed by atoms with Crippen LogP contribution in [0.2, 0.25) is 0 Å². The SMILES string of the molecule is CN(CC1CC(F)(F)C1)C(=O)OC(C)(C)C. The molecule has 1 amide bonds. The summed E-state index contributed by atoms with van der Waals surface area (Å²) in [5.41, 5.74) is -0.547. The van der Waals surface area contributed by atoms with Gasteiger partial charge in [0.2, 0.25) is 5.92 Å². The standard InChI is InChI=1S/C11H19F2NO2/c1-10(2,3)16-9(15)14(4)7-8-5-11(12,13)6-8/h8H,5-7H2,1-4H3. The van der Waals surface area contributed by atoms with Crippen LogP contribution in [0.1, 0.15) is 33.6 Å². The molecular weight excluding hydrogens is 216 g/mol. The van der Waals surface area contributed by atoms with Crippen LogP contribution in [0.4, 0.5) is 13.6 Å². The van der Waals surface area contributed by atoms with Crippen molar-refractivity contribution in [2.75, 3.05) is 13.6 Å². The van der Waals surface area contributed by atoms with Gasteiger partial charge in [0.1, 0.15) is 5.60 Å². The van der Waals surface area contributed by atoms with Crippen LogP contribution in [0, 0.1) is 5.92 Å². The smallest absolute Gasteiger partial charge is 0.410 e. The molecule has 0 aromatic carbocycles. The third-order valence-electron chi connectivity index (χ3n) is 2.41. The van der Waals surface area contributed by atoms with Crippen LogP contribution in [0.25, 0.3) is 0 Å². The summed E-state index contributed by atoms with van der Waals surface area (Å²) in [6, 6.07) is 0. The summed E-state index contributed by atoms with van der Waals surface area (Å²) >= 11 is 0. The van der Waals surface area contributed by atoms with Crippen molar-refractivity contribution in [2.45, 2.75) is 45.1 Å². The Morgan fingerprint density at radius 2 is 1.94 bits per heavy atom. The van der Waals surface area contributed by atoms with Crippen molar-refractivity contribution in [3.8, 4) is 0 Å². The van der Waals surface area contributed by atoms with Gasteiger partial charge in [-0.15, -0.1) is 0 Å². The van der Waals surface area contributed by atoms with E-state index in [4.69, 9.17) is 4.74 Å². The number of ether oxygens (including phenoxy) is 1. The molecule has 1 fully saturated rings. The van der Waals surface area contributed by atoms with Gasteiger partial charge in [-0.2, -0.15) is 0 Å². The van der Waals surface area contributed by atoms with Gasteiger partial charge in [-0.05, 0) is 26.7 Å². The number of hydrogen-bond donors (Lipinski definition) is 0. The third-order valence-corrected chi connectivity index (χ3v) is 2.41. The van der Waals surface area contributed by atoms with Gasteiger partial charge in [-0.3, -0.25) is 0 Å². The summed E-state index contributed by atoms with van der Waals surface area (Å²) in [6.07, 6.45) is -0.706. The molecule has 1 saturated carbocycles. The van der Waals surface area contributed by atoms with E-state index in [0.29, 0.717) is 6.54 Å². The van der Waals surface area contributed by atoms with Gasteiger partial charge in [-0.25, -0.2) is 13.6 Å². The molecular formula is C11H19F2NO2. The van der Waals surface area contributed by atoms with Gasteiger partial charge < -0.3 is 9.64 Å². The van der Waals surface area contributed by atoms with Crippen LogP contribution in [0.5, 0.6) is 0 Å². The topological polar surface area (TPSA) is 29.5 Å². The van der Waals surface area contributed by atoms with Crippen LogP contribution >= 0.6 is 0 Å². The van der Waals surface area contributed by atoms with Crippen molar-refractivity contribution in [1.29, 1.82) is 0 Å². The Hall–Kier alpha value is -0.870. The Balaban J connectivity index is 2.31. The number of amides is 1. The fourth-order valence-electron chi connectivity index (χ4n) is 1.72. The Kier molecular flexibility index (Phi) is 3.45. The quantitative estimate of drug-likeness (QED) is 0.736. The fraction of sp³-hybridized carbons (Fsp3) is 0.909. The lowest BCUT2D eigenvalue weighted by molar-refractivity contribution is -0.115. The zero-order valence-electron chi connectivity index (χ0n) is 10.2. The molecule has 0 bridgehead atoms. The second-order valence-corrected chi connectivity index (χ2v) is 5.49. The highest BCUT2D eigenvalue weighted by molar-refractivity contribution is 5.67. The van der Waals surface area contributed by atoms with Gasteiger partial charge in [0, 0.05) is 26.4 Å². The summed E-state index contributed by atoms with van der Waals surface area (Å²) in [5.74, 6) is -2.63. The van der Waals surface area contributed by atoms with Crippen LogP contribution in [-0.4, -0.2) is 36.1 Å². The Labute approximate surface area is 94.7 Å². The van der Waals surface area contributed by atoms with Gasteiger partial charge in [0.05, 0.1) is 0 Å². The lowest BCUT2D eigenvalue weighted by atomic mass is 9.81. The number of hydrogen-bond acceptors (Lipinski definition) is 2. The minimum Gasteiger partial charge on any atom is -0.444 e. The van der Waals surface area contributed by atoms with Gasteiger partial charge in [-0.1, -0.05) is 0 Å². The van der Waals surface area contributed by atoms with E-state index in [1.807, 2.05) is 0 Å². The molecule has 0 aliphatic heterocycles. The van der Waals surface area contributed by atoms with E-state index in [-0.39, 0.29) is 18.8 Å². The van der Waals surface area contributed by atoms with E-state index in [9.17, 15) is 13.6 Å². The van der Waals surface area contributed by atoms with Crippen molar-refractivity contribution < 1.29 is 18.3 Å². The molecule has 1 aliphatic carbocycles. The zero-order chi connectivity index (χ0) is 12.6. The van der Waals surface area contributed by atoms with Crippen molar-refractivity contribution >= 4 is 6.09 Å². The minimum absolute atomic E-state index is 0.104. The molecule has 0 aromatic rings. The maximum Gasteiger partial charge on any atom is 0.410 e. The van der Waals surface area contributed by atoms with E-state index >= 15 is 0 Å². The second kappa shape index (κ2) is 4.18. The molecule has 0 unspecified atom stereocenters.